The van der Waals surface area contributed by atoms with Gasteiger partial charge in [-0.1, -0.05) is 12.1 Å². The zero-order chi connectivity index (χ0) is 22.2. The number of nitro groups is 1. The lowest BCUT2D eigenvalue weighted by Crippen LogP contribution is -2.32. The number of hydrogen-bond donors (Lipinski definition) is 3. The summed E-state index contributed by atoms with van der Waals surface area (Å²) in [5.74, 6) is -0.519. The molecular formula is C21H25N5O5. The Balaban J connectivity index is 1.74. The topological polar surface area (TPSA) is 126 Å². The molecule has 0 aromatic heterocycles. The van der Waals surface area contributed by atoms with Crippen molar-refractivity contribution in [2.24, 2.45) is 0 Å². The van der Waals surface area contributed by atoms with E-state index in [2.05, 4.69) is 16.0 Å². The SMILES string of the molecule is COCCNc1ccc(C(=O)Nc2ccccc2NC(=O)N2CCCC2)cc1[N+](=O)[O-]. The van der Waals surface area contributed by atoms with Gasteiger partial charge < -0.3 is 25.6 Å². The minimum atomic E-state index is -0.546. The molecule has 0 bridgehead atoms. The Morgan fingerprint density at radius 2 is 1.74 bits per heavy atom. The van der Waals surface area contributed by atoms with E-state index in [9.17, 15) is 19.7 Å². The van der Waals surface area contributed by atoms with Gasteiger partial charge in [-0.3, -0.25) is 14.9 Å². The largest absolute Gasteiger partial charge is 0.383 e. The van der Waals surface area contributed by atoms with Crippen LogP contribution < -0.4 is 16.0 Å². The molecule has 0 saturated carbocycles. The van der Waals surface area contributed by atoms with E-state index in [-0.39, 0.29) is 17.3 Å². The number of carbonyl (C=O) groups is 2. The molecule has 1 saturated heterocycles. The minimum absolute atomic E-state index is 0.129. The van der Waals surface area contributed by atoms with Crippen molar-refractivity contribution in [1.29, 1.82) is 0 Å². The van der Waals surface area contributed by atoms with Crippen LogP contribution in [-0.2, 0) is 4.74 Å². The molecule has 2 aromatic rings. The van der Waals surface area contributed by atoms with Gasteiger partial charge in [0.25, 0.3) is 11.6 Å². The average molecular weight is 427 g/mol. The van der Waals surface area contributed by atoms with Crippen LogP contribution in [0.3, 0.4) is 0 Å². The smallest absolute Gasteiger partial charge is 0.321 e. The van der Waals surface area contributed by atoms with Crippen molar-refractivity contribution in [3.63, 3.8) is 0 Å². The standard InChI is InChI=1S/C21H25N5O5/c1-31-13-10-22-18-9-8-15(14-19(18)26(29)30)20(27)23-16-6-2-3-7-17(16)24-21(28)25-11-4-5-12-25/h2-3,6-9,14,22H,4-5,10-13H2,1H3,(H,23,27)(H,24,28). The second-order valence-corrected chi connectivity index (χ2v) is 7.03. The maximum absolute atomic E-state index is 12.8. The second-order valence-electron chi connectivity index (χ2n) is 7.03. The molecule has 10 nitrogen and oxygen atoms in total. The third-order valence-corrected chi connectivity index (χ3v) is 4.89. The van der Waals surface area contributed by atoms with Gasteiger partial charge in [-0.15, -0.1) is 0 Å². The van der Waals surface area contributed by atoms with Crippen molar-refractivity contribution in [2.75, 3.05) is 49.3 Å². The highest BCUT2D eigenvalue weighted by Crippen LogP contribution is 2.27. The number of anilines is 3. The zero-order valence-corrected chi connectivity index (χ0v) is 17.2. The highest BCUT2D eigenvalue weighted by Gasteiger charge is 2.20. The van der Waals surface area contributed by atoms with Crippen LogP contribution in [0.4, 0.5) is 27.5 Å². The Kier molecular flexibility index (Phi) is 7.39. The van der Waals surface area contributed by atoms with Crippen LogP contribution in [0, 0.1) is 10.1 Å². The van der Waals surface area contributed by atoms with Crippen molar-refractivity contribution in [3.05, 3.63) is 58.1 Å². The lowest BCUT2D eigenvalue weighted by molar-refractivity contribution is -0.384. The van der Waals surface area contributed by atoms with Crippen molar-refractivity contribution < 1.29 is 19.2 Å². The van der Waals surface area contributed by atoms with Gasteiger partial charge in [-0.05, 0) is 37.1 Å². The van der Waals surface area contributed by atoms with E-state index in [1.54, 1.807) is 29.2 Å². The highest BCUT2D eigenvalue weighted by molar-refractivity contribution is 6.07. The first-order chi connectivity index (χ1) is 15.0. The molecular weight excluding hydrogens is 402 g/mol. The first-order valence-electron chi connectivity index (χ1n) is 9.97. The van der Waals surface area contributed by atoms with E-state index in [0.717, 1.165) is 12.8 Å². The Bertz CT molecular complexity index is 959. The van der Waals surface area contributed by atoms with Crippen LogP contribution >= 0.6 is 0 Å². The summed E-state index contributed by atoms with van der Waals surface area (Å²) in [6, 6.07) is 10.8. The normalized spacial score (nSPS) is 13.0. The van der Waals surface area contributed by atoms with Gasteiger partial charge in [0.05, 0.1) is 22.9 Å². The molecule has 0 unspecified atom stereocenters. The van der Waals surface area contributed by atoms with Gasteiger partial charge in [0.1, 0.15) is 5.69 Å². The van der Waals surface area contributed by atoms with E-state index in [1.165, 1.54) is 25.3 Å². The van der Waals surface area contributed by atoms with Crippen LogP contribution in [0.5, 0.6) is 0 Å². The van der Waals surface area contributed by atoms with Crippen LogP contribution in [0.2, 0.25) is 0 Å². The Hall–Kier alpha value is -3.66. The molecule has 164 valence electrons. The number of urea groups is 1. The zero-order valence-electron chi connectivity index (χ0n) is 17.2. The van der Waals surface area contributed by atoms with E-state index < -0.39 is 10.8 Å². The predicted octanol–water partition coefficient (Wildman–Crippen LogP) is 3.53. The Labute approximate surface area is 179 Å². The molecule has 0 aliphatic carbocycles. The van der Waals surface area contributed by atoms with Crippen LogP contribution in [-0.4, -0.2) is 55.1 Å². The maximum Gasteiger partial charge on any atom is 0.321 e. The number of benzene rings is 2. The molecule has 1 fully saturated rings. The maximum atomic E-state index is 12.8. The van der Waals surface area contributed by atoms with Crippen molar-refractivity contribution in [3.8, 4) is 0 Å². The molecule has 3 rings (SSSR count). The van der Waals surface area contributed by atoms with Crippen LogP contribution in [0.1, 0.15) is 23.2 Å². The summed E-state index contributed by atoms with van der Waals surface area (Å²) in [6.45, 7) is 2.19. The lowest BCUT2D eigenvalue weighted by Gasteiger charge is -2.18. The number of methoxy groups -OCH3 is 1. The number of rotatable bonds is 8. The van der Waals surface area contributed by atoms with E-state index in [1.807, 2.05) is 0 Å². The number of nitrogens with zero attached hydrogens (tertiary/aromatic N) is 2. The number of nitrogens with one attached hydrogen (secondary N) is 3. The summed E-state index contributed by atoms with van der Waals surface area (Å²) in [6.07, 6.45) is 1.95. The number of likely N-dealkylation sites (tertiary alicyclic amines) is 1. The predicted molar refractivity (Wildman–Crippen MR) is 118 cm³/mol. The number of hydrogen-bond acceptors (Lipinski definition) is 6. The molecule has 0 radical (unpaired) electrons. The van der Waals surface area contributed by atoms with Crippen LogP contribution in [0.15, 0.2) is 42.5 Å². The fraction of sp³-hybridized carbons (Fsp3) is 0.333. The van der Waals surface area contributed by atoms with Gasteiger partial charge in [0, 0.05) is 38.4 Å². The molecule has 10 heteroatoms. The number of para-hydroxylation sites is 2. The fourth-order valence-corrected chi connectivity index (χ4v) is 3.27. The fourth-order valence-electron chi connectivity index (χ4n) is 3.27. The lowest BCUT2D eigenvalue weighted by atomic mass is 10.1. The van der Waals surface area contributed by atoms with Gasteiger partial charge in [-0.25, -0.2) is 4.79 Å². The molecule has 0 atom stereocenters. The Morgan fingerprint density at radius 1 is 1.06 bits per heavy atom. The molecule has 1 aliphatic rings. The number of carbonyl (C=O) groups excluding carboxylic acids is 2. The van der Waals surface area contributed by atoms with Crippen LogP contribution in [0.25, 0.3) is 0 Å². The van der Waals surface area contributed by atoms with E-state index in [4.69, 9.17) is 4.74 Å². The molecule has 1 aliphatic heterocycles. The molecule has 0 spiro atoms. The second kappa shape index (κ2) is 10.4. The van der Waals surface area contributed by atoms with Crippen molar-refractivity contribution in [2.45, 2.75) is 12.8 Å². The highest BCUT2D eigenvalue weighted by atomic mass is 16.6. The van der Waals surface area contributed by atoms with E-state index in [0.29, 0.717) is 43.3 Å². The van der Waals surface area contributed by atoms with Gasteiger partial charge in [-0.2, -0.15) is 0 Å². The molecule has 31 heavy (non-hydrogen) atoms. The van der Waals surface area contributed by atoms with E-state index >= 15 is 0 Å². The minimum Gasteiger partial charge on any atom is -0.383 e. The summed E-state index contributed by atoms with van der Waals surface area (Å²) in [4.78, 5) is 37.8. The van der Waals surface area contributed by atoms with Gasteiger partial charge in [0.15, 0.2) is 0 Å². The molecule has 3 N–H and O–H groups in total. The molecule has 2 aromatic carbocycles. The van der Waals surface area contributed by atoms with Gasteiger partial charge >= 0.3 is 6.03 Å². The molecule has 1 heterocycles. The Morgan fingerprint density at radius 3 is 2.39 bits per heavy atom. The first kappa shape index (κ1) is 22.0. The summed E-state index contributed by atoms with van der Waals surface area (Å²) < 4.78 is 4.93. The molecule has 3 amide bonds. The van der Waals surface area contributed by atoms with Crippen molar-refractivity contribution >= 4 is 34.7 Å². The van der Waals surface area contributed by atoms with Crippen molar-refractivity contribution in [1.82, 2.24) is 4.90 Å². The quantitative estimate of drug-likeness (QED) is 0.336. The summed E-state index contributed by atoms with van der Waals surface area (Å²) >= 11 is 0. The monoisotopic (exact) mass is 427 g/mol. The average Bonchev–Trinajstić information content (AvgIpc) is 3.30. The number of ether oxygens (including phenoxy) is 1. The third kappa shape index (κ3) is 5.70. The van der Waals surface area contributed by atoms with Gasteiger partial charge in [0.2, 0.25) is 0 Å². The number of amides is 3. The summed E-state index contributed by atoms with van der Waals surface area (Å²) in [5.41, 5.74) is 1.09. The summed E-state index contributed by atoms with van der Waals surface area (Å²) in [7, 11) is 1.54. The number of nitro benzene ring substituents is 1. The third-order valence-electron chi connectivity index (χ3n) is 4.89. The summed E-state index contributed by atoms with van der Waals surface area (Å²) in [5, 5.41) is 19.9. The first-order valence-corrected chi connectivity index (χ1v) is 9.97.